The highest BCUT2D eigenvalue weighted by atomic mass is 19.1. The van der Waals surface area contributed by atoms with Crippen molar-refractivity contribution >= 4 is 22.2 Å². The Labute approximate surface area is 175 Å². The van der Waals surface area contributed by atoms with Crippen LogP contribution in [0.1, 0.15) is 23.6 Å². The van der Waals surface area contributed by atoms with Crippen LogP contribution in [0.2, 0.25) is 0 Å². The van der Waals surface area contributed by atoms with Crippen molar-refractivity contribution in [3.8, 4) is 17.8 Å². The topological polar surface area (TPSA) is 94.4 Å². The van der Waals surface area contributed by atoms with Crippen molar-refractivity contribution in [3.63, 3.8) is 0 Å². The van der Waals surface area contributed by atoms with Gasteiger partial charge in [-0.25, -0.2) is 19.3 Å². The van der Waals surface area contributed by atoms with Gasteiger partial charge in [0.1, 0.15) is 23.4 Å². The first-order valence-electron chi connectivity index (χ1n) is 9.71. The summed E-state index contributed by atoms with van der Waals surface area (Å²) in [6.45, 7) is 0.518. The molecule has 0 saturated carbocycles. The molecule has 0 spiro atoms. The Hall–Kier alpha value is -4.32. The fourth-order valence-electron chi connectivity index (χ4n) is 4.03. The predicted octanol–water partition coefficient (Wildman–Crippen LogP) is 3.55. The monoisotopic (exact) mass is 411 g/mol. The van der Waals surface area contributed by atoms with Crippen LogP contribution < -0.4 is 4.74 Å². The largest absolute Gasteiger partial charge is 0.493 e. The zero-order valence-corrected chi connectivity index (χ0v) is 16.1. The van der Waals surface area contributed by atoms with E-state index in [0.717, 1.165) is 16.6 Å². The fourth-order valence-corrected chi connectivity index (χ4v) is 4.03. The number of nitriles is 1. The van der Waals surface area contributed by atoms with Crippen LogP contribution in [0.25, 0.3) is 28.1 Å². The highest BCUT2D eigenvalue weighted by Gasteiger charge is 2.26. The van der Waals surface area contributed by atoms with E-state index < -0.39 is 0 Å². The first kappa shape index (κ1) is 17.5. The molecule has 0 bridgehead atoms. The maximum atomic E-state index is 13.9. The number of benzene rings is 2. The Bertz CT molecular complexity index is 1510. The Morgan fingerprint density at radius 1 is 1.06 bits per heavy atom. The lowest BCUT2D eigenvalue weighted by Gasteiger charge is -2.27. The third-order valence-electron chi connectivity index (χ3n) is 5.51. The number of imidazole rings is 2. The molecule has 1 atom stereocenters. The zero-order valence-electron chi connectivity index (χ0n) is 16.1. The van der Waals surface area contributed by atoms with Gasteiger partial charge in [-0.15, -0.1) is 0 Å². The van der Waals surface area contributed by atoms with Gasteiger partial charge in [0.25, 0.3) is 0 Å². The minimum absolute atomic E-state index is 0.156. The van der Waals surface area contributed by atoms with Gasteiger partial charge in [0.15, 0.2) is 5.65 Å². The Balaban J connectivity index is 1.51. The number of nitrogens with zero attached hydrogens (tertiary/aromatic N) is 7. The molecule has 3 aromatic heterocycles. The van der Waals surface area contributed by atoms with Crippen LogP contribution in [0, 0.1) is 17.1 Å². The summed E-state index contributed by atoms with van der Waals surface area (Å²) < 4.78 is 23.3. The van der Waals surface area contributed by atoms with E-state index >= 15 is 0 Å². The summed E-state index contributed by atoms with van der Waals surface area (Å²) in [6, 6.07) is 11.8. The summed E-state index contributed by atoms with van der Waals surface area (Å²) in [5.41, 5.74) is 4.03. The fraction of sp³-hybridized carbons (Fsp3) is 0.136. The van der Waals surface area contributed by atoms with Gasteiger partial charge in [-0.3, -0.25) is 4.57 Å². The maximum Gasteiger partial charge on any atom is 0.237 e. The minimum atomic E-state index is -0.313. The molecule has 5 aromatic rings. The van der Waals surface area contributed by atoms with Gasteiger partial charge in [-0.2, -0.15) is 10.2 Å². The smallest absolute Gasteiger partial charge is 0.237 e. The second kappa shape index (κ2) is 6.60. The van der Waals surface area contributed by atoms with Crippen LogP contribution in [0.15, 0.2) is 55.2 Å². The predicted molar refractivity (Wildman–Crippen MR) is 109 cm³/mol. The van der Waals surface area contributed by atoms with Crippen molar-refractivity contribution in [1.82, 2.24) is 29.1 Å². The molecule has 150 valence electrons. The summed E-state index contributed by atoms with van der Waals surface area (Å²) in [5.74, 6) is 0.768. The van der Waals surface area contributed by atoms with E-state index in [1.54, 1.807) is 47.7 Å². The highest BCUT2D eigenvalue weighted by Crippen LogP contribution is 2.36. The molecule has 31 heavy (non-hydrogen) atoms. The number of hydrogen-bond donors (Lipinski definition) is 0. The van der Waals surface area contributed by atoms with Crippen LogP contribution in [0.3, 0.4) is 0 Å². The average Bonchev–Trinajstić information content (AvgIpc) is 3.41. The van der Waals surface area contributed by atoms with Crippen LogP contribution in [0.4, 0.5) is 4.39 Å². The first-order chi connectivity index (χ1) is 15.2. The summed E-state index contributed by atoms with van der Waals surface area (Å²) in [5, 5.41) is 9.23. The molecule has 8 nitrogen and oxygen atoms in total. The molecule has 0 N–H and O–H groups in total. The lowest BCUT2D eigenvalue weighted by molar-refractivity contribution is 0.257. The Morgan fingerprint density at radius 3 is 2.87 bits per heavy atom. The normalized spacial score (nSPS) is 15.5. The van der Waals surface area contributed by atoms with Gasteiger partial charge in [-0.05, 0) is 36.4 Å². The second-order valence-corrected chi connectivity index (χ2v) is 7.30. The SMILES string of the molecule is N#Cc1ccc2ncn(-c3ncc4ncn([C@@H]5CCOc6ccc(F)cc65)c4n3)c2c1. The quantitative estimate of drug-likeness (QED) is 0.441. The van der Waals surface area contributed by atoms with Gasteiger partial charge in [0, 0.05) is 12.0 Å². The van der Waals surface area contributed by atoms with Gasteiger partial charge < -0.3 is 9.30 Å². The average molecular weight is 411 g/mol. The van der Waals surface area contributed by atoms with E-state index in [2.05, 4.69) is 21.0 Å². The minimum Gasteiger partial charge on any atom is -0.493 e. The molecular weight excluding hydrogens is 397 g/mol. The van der Waals surface area contributed by atoms with E-state index in [4.69, 9.17) is 9.72 Å². The van der Waals surface area contributed by atoms with E-state index in [9.17, 15) is 9.65 Å². The molecule has 0 saturated heterocycles. The lowest BCUT2D eigenvalue weighted by atomic mass is 10.0. The zero-order chi connectivity index (χ0) is 20.9. The molecule has 1 aliphatic rings. The van der Waals surface area contributed by atoms with Crippen molar-refractivity contribution in [2.75, 3.05) is 6.61 Å². The van der Waals surface area contributed by atoms with Crippen molar-refractivity contribution in [1.29, 1.82) is 5.26 Å². The van der Waals surface area contributed by atoms with Crippen LogP contribution >= 0.6 is 0 Å². The number of rotatable bonds is 2. The number of ether oxygens (including phenoxy) is 1. The van der Waals surface area contributed by atoms with E-state index in [0.29, 0.717) is 41.5 Å². The summed E-state index contributed by atoms with van der Waals surface area (Å²) >= 11 is 0. The molecule has 1 aliphatic heterocycles. The summed E-state index contributed by atoms with van der Waals surface area (Å²) in [7, 11) is 0. The van der Waals surface area contributed by atoms with Crippen molar-refractivity contribution < 1.29 is 9.13 Å². The number of fused-ring (bicyclic) bond motifs is 3. The molecule has 4 heterocycles. The molecule has 0 radical (unpaired) electrons. The lowest BCUT2D eigenvalue weighted by Crippen LogP contribution is -2.20. The number of halogens is 1. The summed E-state index contributed by atoms with van der Waals surface area (Å²) in [4.78, 5) is 18.0. The molecule has 2 aromatic carbocycles. The molecule has 0 aliphatic carbocycles. The summed E-state index contributed by atoms with van der Waals surface area (Å²) in [6.07, 6.45) is 5.65. The third kappa shape index (κ3) is 2.73. The Kier molecular flexibility index (Phi) is 3.73. The molecule has 0 unspecified atom stereocenters. The molecule has 9 heteroatoms. The number of hydrogen-bond acceptors (Lipinski definition) is 6. The van der Waals surface area contributed by atoms with Crippen LogP contribution in [-0.4, -0.2) is 35.7 Å². The van der Waals surface area contributed by atoms with E-state index in [-0.39, 0.29) is 11.9 Å². The van der Waals surface area contributed by atoms with Crippen molar-refractivity contribution in [2.24, 2.45) is 0 Å². The standard InChI is InChI=1S/C22H14FN7O/c23-14-2-4-20-15(8-14)18(5-6-31-20)29-11-27-17-10-25-22(28-21(17)29)30-12-26-16-3-1-13(9-24)7-19(16)30/h1-4,7-8,10-12,18H,5-6H2/t18-/m1/s1. The number of aromatic nitrogens is 6. The molecule has 0 fully saturated rings. The second-order valence-electron chi connectivity index (χ2n) is 7.30. The van der Waals surface area contributed by atoms with Crippen LogP contribution in [-0.2, 0) is 0 Å². The maximum absolute atomic E-state index is 13.9. The highest BCUT2D eigenvalue weighted by molar-refractivity contribution is 5.79. The molecule has 6 rings (SSSR count). The molecule has 0 amide bonds. The van der Waals surface area contributed by atoms with Gasteiger partial charge in [0.05, 0.1) is 47.8 Å². The van der Waals surface area contributed by atoms with Gasteiger partial charge in [0.2, 0.25) is 5.95 Å². The van der Waals surface area contributed by atoms with Crippen LogP contribution in [0.5, 0.6) is 5.75 Å². The van der Waals surface area contributed by atoms with Crippen molar-refractivity contribution in [2.45, 2.75) is 12.5 Å². The van der Waals surface area contributed by atoms with E-state index in [1.807, 2.05) is 4.57 Å². The first-order valence-corrected chi connectivity index (χ1v) is 9.71. The molecular formula is C22H14FN7O. The van der Waals surface area contributed by atoms with E-state index in [1.165, 1.54) is 12.1 Å². The van der Waals surface area contributed by atoms with Gasteiger partial charge >= 0.3 is 0 Å². The third-order valence-corrected chi connectivity index (χ3v) is 5.51. The van der Waals surface area contributed by atoms with Gasteiger partial charge in [-0.1, -0.05) is 0 Å². The Morgan fingerprint density at radius 2 is 1.97 bits per heavy atom. The van der Waals surface area contributed by atoms with Crippen molar-refractivity contribution in [3.05, 3.63) is 72.2 Å².